The van der Waals surface area contributed by atoms with Crippen molar-refractivity contribution in [2.75, 3.05) is 4.90 Å². The van der Waals surface area contributed by atoms with Gasteiger partial charge in [0.15, 0.2) is 0 Å². The molecule has 44 heavy (non-hydrogen) atoms. The highest BCUT2D eigenvalue weighted by atomic mass is 32.1. The third-order valence-corrected chi connectivity index (χ3v) is 11.0. The van der Waals surface area contributed by atoms with E-state index in [1.54, 1.807) is 0 Å². The SMILES string of the molecule is c1ccc2cc(N3c4cc5ccccc5cc4B4c5c3csc5-c3cccc5c6c7ccccc7ccc6n4c35)ccc2c1. The molecule has 2 nitrogen and oxygen atoms in total. The van der Waals surface area contributed by atoms with Gasteiger partial charge in [0.25, 0.3) is 0 Å². The molecule has 7 aromatic carbocycles. The van der Waals surface area contributed by atoms with Gasteiger partial charge in [-0.05, 0) is 67.5 Å². The van der Waals surface area contributed by atoms with Crippen molar-refractivity contribution in [2.45, 2.75) is 0 Å². The van der Waals surface area contributed by atoms with Crippen LogP contribution in [0.25, 0.3) is 64.6 Å². The van der Waals surface area contributed by atoms with Gasteiger partial charge in [0, 0.05) is 49.0 Å². The molecule has 0 amide bonds. The highest BCUT2D eigenvalue weighted by Gasteiger charge is 2.44. The predicted octanol–water partition coefficient (Wildman–Crippen LogP) is 9.73. The lowest BCUT2D eigenvalue weighted by atomic mass is 9.46. The van der Waals surface area contributed by atoms with Crippen LogP contribution in [0.2, 0.25) is 0 Å². The molecule has 0 bridgehead atoms. The first-order chi connectivity index (χ1) is 21.8. The van der Waals surface area contributed by atoms with Gasteiger partial charge in [-0.2, -0.15) is 0 Å². The third kappa shape index (κ3) is 2.82. The van der Waals surface area contributed by atoms with Crippen LogP contribution in [0.1, 0.15) is 0 Å². The smallest absolute Gasteiger partial charge is 0.333 e. The average molecular weight is 575 g/mol. The molecule has 0 fully saturated rings. The first-order valence-electron chi connectivity index (χ1n) is 15.2. The van der Waals surface area contributed by atoms with Gasteiger partial charge in [0.05, 0.1) is 5.69 Å². The molecule has 2 aromatic heterocycles. The zero-order valence-electron chi connectivity index (χ0n) is 23.7. The van der Waals surface area contributed by atoms with E-state index in [0.29, 0.717) is 0 Å². The van der Waals surface area contributed by atoms with Crippen molar-refractivity contribution in [3.63, 3.8) is 0 Å². The number of thiophene rings is 1. The number of para-hydroxylation sites is 1. The Morgan fingerprint density at radius 1 is 0.545 bits per heavy atom. The average Bonchev–Trinajstić information content (AvgIpc) is 3.67. The Labute approximate surface area is 258 Å². The Kier molecular flexibility index (Phi) is 4.32. The van der Waals surface area contributed by atoms with E-state index >= 15 is 0 Å². The summed E-state index contributed by atoms with van der Waals surface area (Å²) < 4.78 is 2.66. The molecular weight excluding hydrogens is 551 g/mol. The van der Waals surface area contributed by atoms with Gasteiger partial charge in [-0.25, -0.2) is 0 Å². The minimum Gasteiger partial charge on any atom is -0.375 e. The largest absolute Gasteiger partial charge is 0.375 e. The minimum absolute atomic E-state index is 0.0821. The van der Waals surface area contributed by atoms with Gasteiger partial charge in [-0.15, -0.1) is 11.3 Å². The van der Waals surface area contributed by atoms with Gasteiger partial charge in [-0.3, -0.25) is 0 Å². The molecule has 0 aliphatic carbocycles. The predicted molar refractivity (Wildman–Crippen MR) is 190 cm³/mol. The van der Waals surface area contributed by atoms with Crippen LogP contribution >= 0.6 is 11.3 Å². The van der Waals surface area contributed by atoms with Crippen molar-refractivity contribution >= 4 is 100 Å². The molecule has 0 spiro atoms. The molecule has 0 saturated carbocycles. The lowest BCUT2D eigenvalue weighted by Crippen LogP contribution is -2.55. The number of aromatic nitrogens is 1. The normalized spacial score (nSPS) is 13.4. The van der Waals surface area contributed by atoms with Crippen LogP contribution in [0.3, 0.4) is 0 Å². The Bertz CT molecular complexity index is 2700. The summed E-state index contributed by atoms with van der Waals surface area (Å²) in [6.45, 7) is 0.0821. The Hall–Kier alpha value is -5.32. The number of hydrogen-bond donors (Lipinski definition) is 0. The molecule has 11 rings (SSSR count). The molecular formula is C40H23BN2S. The minimum atomic E-state index is 0.0821. The van der Waals surface area contributed by atoms with Crippen molar-refractivity contribution < 1.29 is 0 Å². The fourth-order valence-corrected chi connectivity index (χ4v) is 9.23. The second kappa shape index (κ2) is 8.19. The second-order valence-electron chi connectivity index (χ2n) is 12.1. The molecule has 9 aromatic rings. The Balaban J connectivity index is 1.30. The van der Waals surface area contributed by atoms with E-state index in [4.69, 9.17) is 0 Å². The number of hydrogen-bond acceptors (Lipinski definition) is 2. The number of anilines is 3. The van der Waals surface area contributed by atoms with Crippen LogP contribution in [-0.2, 0) is 0 Å². The van der Waals surface area contributed by atoms with Gasteiger partial charge < -0.3 is 9.38 Å². The van der Waals surface area contributed by atoms with E-state index in [9.17, 15) is 0 Å². The molecule has 2 aliphatic heterocycles. The van der Waals surface area contributed by atoms with E-state index < -0.39 is 0 Å². The Morgan fingerprint density at radius 3 is 2.11 bits per heavy atom. The molecule has 0 N–H and O–H groups in total. The van der Waals surface area contributed by atoms with Gasteiger partial charge in [-0.1, -0.05) is 109 Å². The first kappa shape index (κ1) is 23.2. The standard InChI is InChI=1S/C40H23BN2S/c1-2-10-26-20-29(18-16-24(26)8-1)42-35-22-28-12-4-3-11-27(28)21-33(35)41-38-36(42)23-44-40(38)32-15-7-14-31-37-30-13-6-5-9-25(30)17-19-34(37)43(41)39(31)32/h1-23H. The topological polar surface area (TPSA) is 8.17 Å². The molecule has 0 radical (unpaired) electrons. The fraction of sp³-hybridized carbons (Fsp3) is 0. The van der Waals surface area contributed by atoms with E-state index in [0.717, 1.165) is 0 Å². The highest BCUT2D eigenvalue weighted by Crippen LogP contribution is 2.49. The lowest BCUT2D eigenvalue weighted by molar-refractivity contribution is 1.28. The number of fused-ring (bicyclic) bond motifs is 11. The maximum atomic E-state index is 2.66. The van der Waals surface area contributed by atoms with E-state index in [2.05, 4.69) is 148 Å². The van der Waals surface area contributed by atoms with Gasteiger partial charge in [0.1, 0.15) is 0 Å². The quantitative estimate of drug-likeness (QED) is 0.177. The van der Waals surface area contributed by atoms with Crippen LogP contribution < -0.4 is 15.8 Å². The van der Waals surface area contributed by atoms with Crippen LogP contribution in [-0.4, -0.2) is 11.3 Å². The van der Waals surface area contributed by atoms with E-state index in [1.807, 2.05) is 11.3 Å². The van der Waals surface area contributed by atoms with Crippen LogP contribution in [0.15, 0.2) is 139 Å². The number of benzene rings is 7. The first-order valence-corrected chi connectivity index (χ1v) is 16.1. The van der Waals surface area contributed by atoms with Crippen molar-refractivity contribution in [2.24, 2.45) is 0 Å². The molecule has 0 atom stereocenters. The molecule has 202 valence electrons. The zero-order chi connectivity index (χ0) is 28.5. The number of rotatable bonds is 1. The summed E-state index contributed by atoms with van der Waals surface area (Å²) >= 11 is 1.89. The summed E-state index contributed by atoms with van der Waals surface area (Å²) in [5, 5.41) is 12.8. The highest BCUT2D eigenvalue weighted by molar-refractivity contribution is 7.17. The molecule has 0 saturated heterocycles. The van der Waals surface area contributed by atoms with E-state index in [1.165, 1.54) is 92.6 Å². The molecule has 2 aliphatic rings. The lowest BCUT2D eigenvalue weighted by Gasteiger charge is -2.38. The van der Waals surface area contributed by atoms with Gasteiger partial charge >= 0.3 is 6.85 Å². The van der Waals surface area contributed by atoms with Crippen LogP contribution in [0.4, 0.5) is 17.1 Å². The summed E-state index contributed by atoms with van der Waals surface area (Å²) in [5.74, 6) is 0. The zero-order valence-corrected chi connectivity index (χ0v) is 24.5. The summed E-state index contributed by atoms with van der Waals surface area (Å²) in [4.78, 5) is 3.91. The molecule has 4 heteroatoms. The molecule has 0 unspecified atom stereocenters. The summed E-state index contributed by atoms with van der Waals surface area (Å²) in [5.41, 5.74) is 10.5. The van der Waals surface area contributed by atoms with Crippen molar-refractivity contribution in [1.29, 1.82) is 0 Å². The summed E-state index contributed by atoms with van der Waals surface area (Å²) in [6, 6.07) is 49.7. The summed E-state index contributed by atoms with van der Waals surface area (Å²) in [6.07, 6.45) is 0. The third-order valence-electron chi connectivity index (χ3n) is 9.96. The van der Waals surface area contributed by atoms with Crippen molar-refractivity contribution in [1.82, 2.24) is 4.48 Å². The monoisotopic (exact) mass is 574 g/mol. The van der Waals surface area contributed by atoms with Gasteiger partial charge in [0.2, 0.25) is 0 Å². The Morgan fingerprint density at radius 2 is 1.25 bits per heavy atom. The maximum absolute atomic E-state index is 2.66. The van der Waals surface area contributed by atoms with E-state index in [-0.39, 0.29) is 6.85 Å². The maximum Gasteiger partial charge on any atom is 0.333 e. The summed E-state index contributed by atoms with van der Waals surface area (Å²) in [7, 11) is 0. The van der Waals surface area contributed by atoms with Crippen LogP contribution in [0, 0.1) is 0 Å². The van der Waals surface area contributed by atoms with Crippen molar-refractivity contribution in [3.05, 3.63) is 139 Å². The number of nitrogens with zero attached hydrogens (tertiary/aromatic N) is 2. The fourth-order valence-electron chi connectivity index (χ4n) is 8.13. The molecule has 4 heterocycles. The van der Waals surface area contributed by atoms with Crippen LogP contribution in [0.5, 0.6) is 0 Å². The second-order valence-corrected chi connectivity index (χ2v) is 13.0. The van der Waals surface area contributed by atoms with Crippen molar-refractivity contribution in [3.8, 4) is 10.4 Å².